The molecule has 3 heterocycles. The van der Waals surface area contributed by atoms with Crippen molar-refractivity contribution in [2.45, 2.75) is 52.4 Å². The van der Waals surface area contributed by atoms with Gasteiger partial charge in [-0.1, -0.05) is 42.5 Å². The number of ketones is 1. The number of amides is 1. The monoisotopic (exact) mass is 619 g/mol. The number of rotatable bonds is 10. The molecule has 0 aliphatic carbocycles. The molecule has 46 heavy (non-hydrogen) atoms. The van der Waals surface area contributed by atoms with E-state index in [1.165, 1.54) is 0 Å². The summed E-state index contributed by atoms with van der Waals surface area (Å²) in [5.74, 6) is 1.13. The predicted molar refractivity (Wildman–Crippen MR) is 174 cm³/mol. The van der Waals surface area contributed by atoms with Gasteiger partial charge in [0, 0.05) is 37.5 Å². The molecule has 1 saturated heterocycles. The van der Waals surface area contributed by atoms with Gasteiger partial charge in [0.1, 0.15) is 18.2 Å². The summed E-state index contributed by atoms with van der Waals surface area (Å²) in [6.07, 6.45) is 6.47. The molecule has 0 atom stereocenters. The number of aromatic nitrogens is 4. The van der Waals surface area contributed by atoms with Crippen molar-refractivity contribution in [3.05, 3.63) is 119 Å². The SMILES string of the molecule is CC(C)Oc1ccc(C(=O)Cn2ccnc2)cc1-n1c(CC2CCN(C(=O)OCc3ccccc3)CC2)nc2ccccc2c1=O. The largest absolute Gasteiger partial charge is 0.489 e. The Hall–Kier alpha value is -5.25. The molecule has 1 aliphatic heterocycles. The van der Waals surface area contributed by atoms with Crippen LogP contribution in [0.3, 0.4) is 0 Å². The van der Waals surface area contributed by atoms with E-state index in [9.17, 15) is 14.4 Å². The zero-order valence-electron chi connectivity index (χ0n) is 26.0. The number of benzene rings is 3. The van der Waals surface area contributed by atoms with Gasteiger partial charge < -0.3 is 18.9 Å². The van der Waals surface area contributed by atoms with Gasteiger partial charge in [-0.2, -0.15) is 0 Å². The Labute approximate surface area is 267 Å². The predicted octanol–water partition coefficient (Wildman–Crippen LogP) is 5.84. The van der Waals surface area contributed by atoms with E-state index < -0.39 is 0 Å². The van der Waals surface area contributed by atoms with E-state index in [4.69, 9.17) is 14.5 Å². The third-order valence-electron chi connectivity index (χ3n) is 8.16. The second-order valence-electron chi connectivity index (χ2n) is 11.9. The maximum atomic E-state index is 14.2. The number of nitrogens with zero attached hydrogens (tertiary/aromatic N) is 5. The second kappa shape index (κ2) is 13.8. The van der Waals surface area contributed by atoms with Crippen LogP contribution in [-0.4, -0.2) is 55.1 Å². The van der Waals surface area contributed by atoms with E-state index in [0.29, 0.717) is 53.2 Å². The fourth-order valence-electron chi connectivity index (χ4n) is 5.81. The molecule has 2 aromatic heterocycles. The smallest absolute Gasteiger partial charge is 0.410 e. The summed E-state index contributed by atoms with van der Waals surface area (Å²) < 4.78 is 15.0. The van der Waals surface area contributed by atoms with Crippen LogP contribution in [0.5, 0.6) is 5.75 Å². The molecule has 0 saturated carbocycles. The zero-order valence-corrected chi connectivity index (χ0v) is 26.0. The first kappa shape index (κ1) is 30.8. The lowest BCUT2D eigenvalue weighted by Gasteiger charge is -2.31. The Balaban J connectivity index is 1.29. The van der Waals surface area contributed by atoms with E-state index in [1.807, 2.05) is 62.4 Å². The number of fused-ring (bicyclic) bond motifs is 1. The van der Waals surface area contributed by atoms with Crippen LogP contribution < -0.4 is 10.3 Å². The fraction of sp³-hybridized carbons (Fsp3) is 0.306. The molecule has 10 heteroatoms. The molecule has 1 amide bonds. The summed E-state index contributed by atoms with van der Waals surface area (Å²) in [5.41, 5.74) is 2.26. The first-order valence-corrected chi connectivity index (χ1v) is 15.6. The van der Waals surface area contributed by atoms with Gasteiger partial charge >= 0.3 is 6.09 Å². The van der Waals surface area contributed by atoms with Crippen molar-refractivity contribution in [2.24, 2.45) is 5.92 Å². The number of hydrogen-bond donors (Lipinski definition) is 0. The summed E-state index contributed by atoms with van der Waals surface area (Å²) in [4.78, 5) is 51.0. The van der Waals surface area contributed by atoms with E-state index >= 15 is 0 Å². The standard InChI is InChI=1S/C36H37N5O5/c1-25(2)46-33-13-12-28(32(42)22-39-19-16-37-24-39)21-31(33)41-34(38-30-11-7-6-10-29(30)35(41)43)20-26-14-17-40(18-15-26)36(44)45-23-27-8-4-3-5-9-27/h3-13,16,19,21,24-26H,14-15,17-18,20,22-23H2,1-2H3. The maximum absolute atomic E-state index is 14.2. The van der Waals surface area contributed by atoms with Crippen molar-refractivity contribution >= 4 is 22.8 Å². The highest BCUT2D eigenvalue weighted by Gasteiger charge is 2.27. The van der Waals surface area contributed by atoms with Gasteiger partial charge in [-0.15, -0.1) is 0 Å². The molecule has 0 unspecified atom stereocenters. The van der Waals surface area contributed by atoms with Gasteiger partial charge in [-0.3, -0.25) is 14.2 Å². The number of ether oxygens (including phenoxy) is 2. The van der Waals surface area contributed by atoms with Crippen LogP contribution in [0, 0.1) is 5.92 Å². The van der Waals surface area contributed by atoms with Crippen molar-refractivity contribution < 1.29 is 19.1 Å². The average Bonchev–Trinajstić information content (AvgIpc) is 3.58. The first-order chi connectivity index (χ1) is 22.4. The Morgan fingerprint density at radius 1 is 0.978 bits per heavy atom. The van der Waals surface area contributed by atoms with Gasteiger partial charge in [0.2, 0.25) is 0 Å². The highest BCUT2D eigenvalue weighted by Crippen LogP contribution is 2.29. The van der Waals surface area contributed by atoms with Crippen molar-refractivity contribution in [3.8, 4) is 11.4 Å². The molecule has 0 N–H and O–H groups in total. The Bertz CT molecular complexity index is 1880. The molecule has 3 aromatic carbocycles. The van der Waals surface area contributed by atoms with Crippen molar-refractivity contribution in [1.82, 2.24) is 24.0 Å². The molecular weight excluding hydrogens is 582 g/mol. The zero-order chi connectivity index (χ0) is 32.0. The lowest BCUT2D eigenvalue weighted by atomic mass is 9.93. The lowest BCUT2D eigenvalue weighted by molar-refractivity contribution is 0.0821. The molecule has 1 fully saturated rings. The number of likely N-dealkylation sites (tertiary alicyclic amines) is 1. The molecule has 5 aromatic rings. The molecule has 0 bridgehead atoms. The molecule has 236 valence electrons. The number of piperidine rings is 1. The van der Waals surface area contributed by atoms with Crippen molar-refractivity contribution in [1.29, 1.82) is 0 Å². The molecular formula is C36H37N5O5. The maximum Gasteiger partial charge on any atom is 0.410 e. The van der Waals surface area contributed by atoms with Gasteiger partial charge in [-0.05, 0) is 68.5 Å². The summed E-state index contributed by atoms with van der Waals surface area (Å²) in [7, 11) is 0. The van der Waals surface area contributed by atoms with E-state index in [-0.39, 0.29) is 42.6 Å². The van der Waals surface area contributed by atoms with Crippen LogP contribution in [0.4, 0.5) is 4.79 Å². The van der Waals surface area contributed by atoms with Crippen LogP contribution in [0.1, 0.15) is 48.4 Å². The lowest BCUT2D eigenvalue weighted by Crippen LogP contribution is -2.39. The van der Waals surface area contributed by atoms with E-state index in [2.05, 4.69) is 4.98 Å². The second-order valence-corrected chi connectivity index (χ2v) is 11.9. The minimum absolute atomic E-state index is 0.119. The number of carbonyl (C=O) groups excluding carboxylic acids is 2. The van der Waals surface area contributed by atoms with Crippen molar-refractivity contribution in [2.75, 3.05) is 13.1 Å². The summed E-state index contributed by atoms with van der Waals surface area (Å²) >= 11 is 0. The van der Waals surface area contributed by atoms with Crippen LogP contribution in [0.2, 0.25) is 0 Å². The number of para-hydroxylation sites is 1. The quantitative estimate of drug-likeness (QED) is 0.181. The molecule has 6 rings (SSSR count). The van der Waals surface area contributed by atoms with Gasteiger partial charge in [-0.25, -0.2) is 14.8 Å². The van der Waals surface area contributed by atoms with E-state index in [1.54, 1.807) is 57.0 Å². The van der Waals surface area contributed by atoms with Crippen LogP contribution in [0.15, 0.2) is 96.3 Å². The normalized spacial score (nSPS) is 13.7. The van der Waals surface area contributed by atoms with Crippen LogP contribution >= 0.6 is 0 Å². The minimum Gasteiger partial charge on any atom is -0.489 e. The highest BCUT2D eigenvalue weighted by atomic mass is 16.6. The summed E-state index contributed by atoms with van der Waals surface area (Å²) in [6.45, 7) is 5.29. The first-order valence-electron chi connectivity index (χ1n) is 15.6. The topological polar surface area (TPSA) is 109 Å². The van der Waals surface area contributed by atoms with Gasteiger partial charge in [0.15, 0.2) is 5.78 Å². The third kappa shape index (κ3) is 7.01. The highest BCUT2D eigenvalue weighted by molar-refractivity contribution is 5.96. The van der Waals surface area contributed by atoms with Gasteiger partial charge in [0.25, 0.3) is 5.56 Å². The Kier molecular flexibility index (Phi) is 9.23. The van der Waals surface area contributed by atoms with E-state index in [0.717, 1.165) is 18.4 Å². The Morgan fingerprint density at radius 3 is 2.48 bits per heavy atom. The van der Waals surface area contributed by atoms with Gasteiger partial charge in [0.05, 0.1) is 35.6 Å². The third-order valence-corrected chi connectivity index (χ3v) is 8.16. The molecule has 0 radical (unpaired) electrons. The number of hydrogen-bond acceptors (Lipinski definition) is 7. The number of imidazole rings is 1. The number of Topliss-reactive ketones (excluding diaryl/α,β-unsaturated/α-hetero) is 1. The molecule has 0 spiro atoms. The Morgan fingerprint density at radius 2 is 1.74 bits per heavy atom. The van der Waals surface area contributed by atoms with Crippen molar-refractivity contribution in [3.63, 3.8) is 0 Å². The molecule has 1 aliphatic rings. The average molecular weight is 620 g/mol. The van der Waals surface area contributed by atoms with Crippen LogP contribution in [-0.2, 0) is 24.3 Å². The molecule has 10 nitrogen and oxygen atoms in total. The number of carbonyl (C=O) groups is 2. The summed E-state index contributed by atoms with van der Waals surface area (Å²) in [6, 6.07) is 22.1. The minimum atomic E-state index is -0.323. The summed E-state index contributed by atoms with van der Waals surface area (Å²) in [5, 5.41) is 0.480. The van der Waals surface area contributed by atoms with Crippen LogP contribution in [0.25, 0.3) is 16.6 Å². The fourth-order valence-corrected chi connectivity index (χ4v) is 5.81.